The van der Waals surface area contributed by atoms with Crippen molar-refractivity contribution >= 4 is 23.5 Å². The first-order chi connectivity index (χ1) is 15.3. The van der Waals surface area contributed by atoms with E-state index >= 15 is 0 Å². The maximum Gasteiger partial charge on any atom is 0.340 e. The standard InChI is InChI=1S/C25H30N2O5/c1-5-31-23(29)20-14-17(2)13-18(3)22(20)26-24(30)25(11-12-25)27(4)15-21(28)32-16-19-9-7-6-8-10-19/h6-10,13-14H,5,11-12,15-16H2,1-4H3,(H,26,30). The van der Waals surface area contributed by atoms with Crippen LogP contribution in [0.3, 0.4) is 0 Å². The molecule has 170 valence electrons. The number of carbonyl (C=O) groups is 3. The molecule has 1 amide bonds. The van der Waals surface area contributed by atoms with Gasteiger partial charge in [0.05, 0.1) is 24.4 Å². The largest absolute Gasteiger partial charge is 0.462 e. The van der Waals surface area contributed by atoms with Crippen molar-refractivity contribution in [1.29, 1.82) is 0 Å². The number of amides is 1. The summed E-state index contributed by atoms with van der Waals surface area (Å²) in [6, 6.07) is 13.1. The summed E-state index contributed by atoms with van der Waals surface area (Å²) in [6.45, 7) is 5.91. The number of hydrogen-bond donors (Lipinski definition) is 1. The zero-order valence-electron chi connectivity index (χ0n) is 19.1. The van der Waals surface area contributed by atoms with Gasteiger partial charge in [-0.15, -0.1) is 0 Å². The molecule has 0 aliphatic heterocycles. The Morgan fingerprint density at radius 3 is 2.38 bits per heavy atom. The van der Waals surface area contributed by atoms with Gasteiger partial charge in [0, 0.05) is 0 Å². The van der Waals surface area contributed by atoms with Crippen LogP contribution in [0.25, 0.3) is 0 Å². The first-order valence-electron chi connectivity index (χ1n) is 10.8. The lowest BCUT2D eigenvalue weighted by molar-refractivity contribution is -0.147. The first kappa shape index (κ1) is 23.5. The van der Waals surface area contributed by atoms with Gasteiger partial charge in [-0.1, -0.05) is 36.4 Å². The molecule has 0 aromatic heterocycles. The number of nitrogens with zero attached hydrogens (tertiary/aromatic N) is 1. The van der Waals surface area contributed by atoms with Gasteiger partial charge in [-0.05, 0) is 63.4 Å². The number of aryl methyl sites for hydroxylation is 2. The van der Waals surface area contributed by atoms with Gasteiger partial charge in [-0.25, -0.2) is 4.79 Å². The number of esters is 2. The Morgan fingerprint density at radius 2 is 1.75 bits per heavy atom. The molecule has 0 heterocycles. The normalized spacial score (nSPS) is 14.0. The average molecular weight is 439 g/mol. The highest BCUT2D eigenvalue weighted by Crippen LogP contribution is 2.42. The molecule has 0 atom stereocenters. The van der Waals surface area contributed by atoms with E-state index in [9.17, 15) is 14.4 Å². The minimum Gasteiger partial charge on any atom is -0.462 e. The van der Waals surface area contributed by atoms with Crippen molar-refractivity contribution in [2.45, 2.75) is 45.8 Å². The third-order valence-electron chi connectivity index (χ3n) is 5.70. The van der Waals surface area contributed by atoms with E-state index in [4.69, 9.17) is 9.47 Å². The van der Waals surface area contributed by atoms with Crippen LogP contribution in [0.1, 0.15) is 46.8 Å². The average Bonchev–Trinajstić information content (AvgIpc) is 3.57. The number of benzene rings is 2. The number of carbonyl (C=O) groups excluding carboxylic acids is 3. The molecular formula is C25H30N2O5. The molecule has 7 heteroatoms. The summed E-state index contributed by atoms with van der Waals surface area (Å²) in [6.07, 6.45) is 1.25. The molecule has 1 aliphatic carbocycles. The molecule has 1 saturated carbocycles. The molecule has 0 saturated heterocycles. The van der Waals surface area contributed by atoms with Crippen molar-refractivity contribution in [3.8, 4) is 0 Å². The summed E-state index contributed by atoms with van der Waals surface area (Å²) in [4.78, 5) is 39.7. The van der Waals surface area contributed by atoms with E-state index in [0.29, 0.717) is 24.1 Å². The van der Waals surface area contributed by atoms with Gasteiger partial charge in [0.25, 0.3) is 0 Å². The number of likely N-dealkylation sites (N-methyl/N-ethyl adjacent to an activating group) is 1. The molecule has 0 unspecified atom stereocenters. The second kappa shape index (κ2) is 9.96. The zero-order valence-corrected chi connectivity index (χ0v) is 19.1. The highest BCUT2D eigenvalue weighted by molar-refractivity contribution is 6.06. The van der Waals surface area contributed by atoms with Crippen LogP contribution < -0.4 is 5.32 Å². The molecule has 0 spiro atoms. The molecule has 7 nitrogen and oxygen atoms in total. The van der Waals surface area contributed by atoms with Crippen LogP contribution in [0, 0.1) is 13.8 Å². The fourth-order valence-electron chi connectivity index (χ4n) is 3.76. The van der Waals surface area contributed by atoms with Crippen molar-refractivity contribution in [2.75, 3.05) is 25.5 Å². The summed E-state index contributed by atoms with van der Waals surface area (Å²) < 4.78 is 10.5. The third kappa shape index (κ3) is 5.34. The van der Waals surface area contributed by atoms with E-state index in [0.717, 1.165) is 16.7 Å². The van der Waals surface area contributed by atoms with E-state index in [1.807, 2.05) is 50.2 Å². The topological polar surface area (TPSA) is 84.9 Å². The summed E-state index contributed by atoms with van der Waals surface area (Å²) in [5.41, 5.74) is 2.58. The number of rotatable bonds is 9. The lowest BCUT2D eigenvalue weighted by Crippen LogP contribution is -2.46. The van der Waals surface area contributed by atoms with E-state index in [1.165, 1.54) is 0 Å². The van der Waals surface area contributed by atoms with Crippen molar-refractivity contribution in [2.24, 2.45) is 0 Å². The second-order valence-corrected chi connectivity index (χ2v) is 8.21. The van der Waals surface area contributed by atoms with Crippen LogP contribution in [0.4, 0.5) is 5.69 Å². The molecule has 32 heavy (non-hydrogen) atoms. The van der Waals surface area contributed by atoms with Crippen molar-refractivity contribution < 1.29 is 23.9 Å². The van der Waals surface area contributed by atoms with Crippen LogP contribution in [0.2, 0.25) is 0 Å². The molecule has 1 N–H and O–H groups in total. The van der Waals surface area contributed by atoms with Crippen LogP contribution >= 0.6 is 0 Å². The SMILES string of the molecule is CCOC(=O)c1cc(C)cc(C)c1NC(=O)C1(N(C)CC(=O)OCc2ccccc2)CC1. The monoisotopic (exact) mass is 438 g/mol. The molecule has 0 radical (unpaired) electrons. The smallest absolute Gasteiger partial charge is 0.340 e. The Balaban J connectivity index is 1.67. The van der Waals surface area contributed by atoms with Crippen molar-refractivity contribution in [1.82, 2.24) is 4.90 Å². The van der Waals surface area contributed by atoms with Gasteiger partial charge in [0.1, 0.15) is 12.1 Å². The highest BCUT2D eigenvalue weighted by Gasteiger charge is 2.54. The Morgan fingerprint density at radius 1 is 1.06 bits per heavy atom. The Labute approximate surface area is 188 Å². The van der Waals surface area contributed by atoms with Gasteiger partial charge < -0.3 is 14.8 Å². The predicted molar refractivity (Wildman–Crippen MR) is 121 cm³/mol. The Bertz CT molecular complexity index is 999. The predicted octanol–water partition coefficient (Wildman–Crippen LogP) is 3.63. The van der Waals surface area contributed by atoms with E-state index in [-0.39, 0.29) is 25.7 Å². The molecule has 1 fully saturated rings. The van der Waals surface area contributed by atoms with E-state index in [2.05, 4.69) is 5.32 Å². The summed E-state index contributed by atoms with van der Waals surface area (Å²) >= 11 is 0. The van der Waals surface area contributed by atoms with Gasteiger partial charge in [-0.2, -0.15) is 0 Å². The van der Waals surface area contributed by atoms with Gasteiger partial charge in [-0.3, -0.25) is 14.5 Å². The minimum absolute atomic E-state index is 0.00212. The van der Waals surface area contributed by atoms with Gasteiger partial charge in [0.2, 0.25) is 5.91 Å². The number of anilines is 1. The fourth-order valence-corrected chi connectivity index (χ4v) is 3.76. The van der Waals surface area contributed by atoms with E-state index < -0.39 is 17.5 Å². The zero-order chi connectivity index (χ0) is 23.3. The highest BCUT2D eigenvalue weighted by atomic mass is 16.5. The summed E-state index contributed by atoms with van der Waals surface area (Å²) in [7, 11) is 1.74. The molecule has 2 aromatic carbocycles. The molecule has 3 rings (SSSR count). The first-order valence-corrected chi connectivity index (χ1v) is 10.8. The number of hydrogen-bond acceptors (Lipinski definition) is 6. The minimum atomic E-state index is -0.797. The third-order valence-corrected chi connectivity index (χ3v) is 5.70. The maximum atomic E-state index is 13.2. The van der Waals surface area contributed by atoms with Crippen LogP contribution in [0.15, 0.2) is 42.5 Å². The van der Waals surface area contributed by atoms with Crippen LogP contribution in [0.5, 0.6) is 0 Å². The Kier molecular flexibility index (Phi) is 7.30. The molecule has 2 aromatic rings. The maximum absolute atomic E-state index is 13.2. The number of ether oxygens (including phenoxy) is 2. The van der Waals surface area contributed by atoms with Gasteiger partial charge in [0.15, 0.2) is 0 Å². The van der Waals surface area contributed by atoms with Crippen LogP contribution in [-0.2, 0) is 25.7 Å². The van der Waals surface area contributed by atoms with Crippen molar-refractivity contribution in [3.63, 3.8) is 0 Å². The molecular weight excluding hydrogens is 408 g/mol. The summed E-state index contributed by atoms with van der Waals surface area (Å²) in [5, 5.41) is 2.93. The summed E-state index contributed by atoms with van der Waals surface area (Å²) in [5.74, 6) is -1.11. The lowest BCUT2D eigenvalue weighted by Gasteiger charge is -2.27. The van der Waals surface area contributed by atoms with Crippen molar-refractivity contribution in [3.05, 3.63) is 64.7 Å². The lowest BCUT2D eigenvalue weighted by atomic mass is 10.0. The van der Waals surface area contributed by atoms with Gasteiger partial charge >= 0.3 is 11.9 Å². The number of nitrogens with one attached hydrogen (secondary N) is 1. The quantitative estimate of drug-likeness (QED) is 0.602. The second-order valence-electron chi connectivity index (χ2n) is 8.21. The van der Waals surface area contributed by atoms with Crippen LogP contribution in [-0.4, -0.2) is 48.5 Å². The fraction of sp³-hybridized carbons (Fsp3) is 0.400. The van der Waals surface area contributed by atoms with E-state index in [1.54, 1.807) is 24.9 Å². The Hall–Kier alpha value is -3.19. The molecule has 0 bridgehead atoms. The molecule has 1 aliphatic rings.